The first kappa shape index (κ1) is 21.9. The highest BCUT2D eigenvalue weighted by Gasteiger charge is 2.49. The van der Waals surface area contributed by atoms with Gasteiger partial charge in [0.1, 0.15) is 0 Å². The lowest BCUT2D eigenvalue weighted by molar-refractivity contribution is -0.148. The molecule has 34 heavy (non-hydrogen) atoms. The van der Waals surface area contributed by atoms with Gasteiger partial charge in [0.25, 0.3) is 5.91 Å². The fourth-order valence-electron chi connectivity index (χ4n) is 7.60. The van der Waals surface area contributed by atoms with Crippen LogP contribution in [0.1, 0.15) is 72.8 Å². The second kappa shape index (κ2) is 8.86. The van der Waals surface area contributed by atoms with E-state index in [0.717, 1.165) is 41.5 Å². The Hall–Kier alpha value is -2.63. The van der Waals surface area contributed by atoms with Crippen molar-refractivity contribution in [3.8, 4) is 0 Å². The molecule has 4 saturated carbocycles. The monoisotopic (exact) mass is 461 g/mol. The summed E-state index contributed by atoms with van der Waals surface area (Å²) < 4.78 is 7.32. The first-order valence-electron chi connectivity index (χ1n) is 13.2. The fraction of sp³-hybridized carbons (Fsp3) is 0.607. The van der Waals surface area contributed by atoms with Crippen LogP contribution in [0.4, 0.5) is 0 Å². The van der Waals surface area contributed by atoms with Gasteiger partial charge in [-0.25, -0.2) is 0 Å². The minimum Gasteiger partial charge on any atom is -0.466 e. The van der Waals surface area contributed by atoms with Crippen molar-refractivity contribution in [3.05, 3.63) is 52.8 Å². The van der Waals surface area contributed by atoms with E-state index in [1.807, 2.05) is 29.8 Å². The molecule has 4 fully saturated rings. The van der Waals surface area contributed by atoms with E-state index < -0.39 is 0 Å². The number of carbonyl (C=O) groups is 2. The maximum Gasteiger partial charge on any atom is 0.309 e. The molecule has 1 aromatic heterocycles. The summed E-state index contributed by atoms with van der Waals surface area (Å²) in [6, 6.07) is 10.5. The van der Waals surface area contributed by atoms with Gasteiger partial charge in [-0.1, -0.05) is 30.3 Å². The topological polar surface area (TPSA) is 73.2 Å². The second-order valence-electron chi connectivity index (χ2n) is 11.0. The number of nitrogens with zero attached hydrogens (tertiary/aromatic N) is 2. The Balaban J connectivity index is 1.28. The van der Waals surface area contributed by atoms with E-state index >= 15 is 0 Å². The molecule has 2 aromatic rings. The van der Waals surface area contributed by atoms with Crippen LogP contribution in [0.5, 0.6) is 0 Å². The molecule has 4 bridgehead atoms. The van der Waals surface area contributed by atoms with Gasteiger partial charge in [-0.05, 0) is 87.5 Å². The summed E-state index contributed by atoms with van der Waals surface area (Å²) in [6.45, 7) is 2.86. The van der Waals surface area contributed by atoms with Gasteiger partial charge in [0.15, 0.2) is 5.69 Å². The predicted octanol–water partition coefficient (Wildman–Crippen LogP) is 4.15. The quantitative estimate of drug-likeness (QED) is 0.656. The fourth-order valence-corrected chi connectivity index (χ4v) is 7.60. The van der Waals surface area contributed by atoms with Gasteiger partial charge in [0.2, 0.25) is 0 Å². The van der Waals surface area contributed by atoms with E-state index in [9.17, 15) is 9.59 Å². The van der Waals surface area contributed by atoms with Gasteiger partial charge in [-0.3, -0.25) is 14.3 Å². The van der Waals surface area contributed by atoms with Crippen LogP contribution in [-0.4, -0.2) is 34.3 Å². The van der Waals surface area contributed by atoms with Crippen LogP contribution in [0.2, 0.25) is 0 Å². The van der Waals surface area contributed by atoms with Crippen LogP contribution in [0.3, 0.4) is 0 Å². The molecule has 0 aliphatic heterocycles. The number of hydrogen-bond acceptors (Lipinski definition) is 4. The number of nitrogens with one attached hydrogen (secondary N) is 1. The van der Waals surface area contributed by atoms with Crippen LogP contribution in [-0.2, 0) is 28.9 Å². The molecule has 6 nitrogen and oxygen atoms in total. The molecule has 6 heteroatoms. The van der Waals surface area contributed by atoms with Crippen molar-refractivity contribution < 1.29 is 14.3 Å². The van der Waals surface area contributed by atoms with Crippen LogP contribution in [0.25, 0.3) is 0 Å². The van der Waals surface area contributed by atoms with E-state index in [1.165, 1.54) is 32.1 Å². The Morgan fingerprint density at radius 3 is 2.44 bits per heavy atom. The maximum absolute atomic E-state index is 13.7. The molecule has 1 amide bonds. The standard InChI is InChI=1S/C28H35N3O3/c1-2-34-28(33)20-8-9-24-23(15-20)26(30-31(24)16-17-6-4-3-5-7-17)27(32)29-25-21-11-18-10-19(13-21)14-22(25)12-18/h3-7,18-22,25H,2,8-16H2,1H3,(H,29,32). The summed E-state index contributed by atoms with van der Waals surface area (Å²) in [5, 5.41) is 8.31. The smallest absolute Gasteiger partial charge is 0.309 e. The Morgan fingerprint density at radius 2 is 1.76 bits per heavy atom. The van der Waals surface area contributed by atoms with Gasteiger partial charge in [0.05, 0.1) is 19.1 Å². The third-order valence-electron chi connectivity index (χ3n) is 8.88. The molecule has 1 unspecified atom stereocenters. The lowest BCUT2D eigenvalue weighted by Crippen LogP contribution is -2.56. The zero-order chi connectivity index (χ0) is 23.2. The summed E-state index contributed by atoms with van der Waals surface area (Å²) in [6.07, 6.45) is 8.49. The number of rotatable bonds is 6. The number of fused-ring (bicyclic) bond motifs is 1. The van der Waals surface area contributed by atoms with Crippen molar-refractivity contribution >= 4 is 11.9 Å². The van der Waals surface area contributed by atoms with Crippen LogP contribution in [0.15, 0.2) is 30.3 Å². The van der Waals surface area contributed by atoms with Crippen LogP contribution in [0, 0.1) is 29.6 Å². The van der Waals surface area contributed by atoms with E-state index in [-0.39, 0.29) is 23.8 Å². The molecule has 0 spiro atoms. The number of carbonyl (C=O) groups excluding carboxylic acids is 2. The lowest BCUT2D eigenvalue weighted by atomic mass is 9.54. The van der Waals surface area contributed by atoms with Crippen LogP contribution < -0.4 is 5.32 Å². The maximum atomic E-state index is 13.7. The van der Waals surface area contributed by atoms with E-state index in [2.05, 4.69) is 17.4 Å². The minimum absolute atomic E-state index is 0.0509. The molecular weight excluding hydrogens is 426 g/mol. The van der Waals surface area contributed by atoms with Gasteiger partial charge < -0.3 is 10.1 Å². The third kappa shape index (κ3) is 3.95. The molecule has 0 saturated heterocycles. The first-order chi connectivity index (χ1) is 16.6. The van der Waals surface area contributed by atoms with Gasteiger partial charge in [-0.2, -0.15) is 5.10 Å². The van der Waals surface area contributed by atoms with Gasteiger partial charge >= 0.3 is 5.97 Å². The predicted molar refractivity (Wildman–Crippen MR) is 128 cm³/mol. The molecule has 1 N–H and O–H groups in total. The minimum atomic E-state index is -0.199. The van der Waals surface area contributed by atoms with Crippen molar-refractivity contribution in [2.45, 2.75) is 70.9 Å². The van der Waals surface area contributed by atoms with E-state index in [0.29, 0.717) is 37.1 Å². The molecule has 1 heterocycles. The summed E-state index contributed by atoms with van der Waals surface area (Å²) in [7, 11) is 0. The molecule has 180 valence electrons. The highest BCUT2D eigenvalue weighted by Crippen LogP contribution is 2.53. The number of ether oxygens (including phenoxy) is 1. The van der Waals surface area contributed by atoms with Crippen LogP contribution >= 0.6 is 0 Å². The summed E-state index contributed by atoms with van der Waals surface area (Å²) in [5.74, 6) is 2.58. The summed E-state index contributed by atoms with van der Waals surface area (Å²) in [4.78, 5) is 26.2. The number of aromatic nitrogens is 2. The van der Waals surface area contributed by atoms with Crippen molar-refractivity contribution in [1.82, 2.24) is 15.1 Å². The SMILES string of the molecule is CCOC(=O)C1CCc2c(c(C(=O)NC3C4CC5CC(C4)CC3C5)nn2Cc2ccccc2)C1. The van der Waals surface area contributed by atoms with Crippen molar-refractivity contribution in [3.63, 3.8) is 0 Å². The Bertz CT molecular complexity index is 1050. The molecule has 7 rings (SSSR count). The lowest BCUT2D eigenvalue weighted by Gasteiger charge is -2.54. The zero-order valence-electron chi connectivity index (χ0n) is 20.0. The molecule has 1 atom stereocenters. The Morgan fingerprint density at radius 1 is 1.06 bits per heavy atom. The molecular formula is C28H35N3O3. The summed E-state index contributed by atoms with van der Waals surface area (Å²) >= 11 is 0. The summed E-state index contributed by atoms with van der Waals surface area (Å²) in [5.41, 5.74) is 3.73. The van der Waals surface area contributed by atoms with Gasteiger partial charge in [0, 0.05) is 17.3 Å². The zero-order valence-corrected chi connectivity index (χ0v) is 20.0. The van der Waals surface area contributed by atoms with Crippen molar-refractivity contribution in [2.75, 3.05) is 6.61 Å². The number of amides is 1. The second-order valence-corrected chi connectivity index (χ2v) is 11.0. The molecule has 5 aliphatic carbocycles. The van der Waals surface area contributed by atoms with Crippen molar-refractivity contribution in [1.29, 1.82) is 0 Å². The Labute approximate surface area is 201 Å². The Kier molecular flexibility index (Phi) is 5.70. The number of benzene rings is 1. The van der Waals surface area contributed by atoms with E-state index in [1.54, 1.807) is 0 Å². The molecule has 0 radical (unpaired) electrons. The number of esters is 1. The largest absolute Gasteiger partial charge is 0.466 e. The average molecular weight is 462 g/mol. The van der Waals surface area contributed by atoms with Crippen molar-refractivity contribution in [2.24, 2.45) is 29.6 Å². The third-order valence-corrected chi connectivity index (χ3v) is 8.88. The van der Waals surface area contributed by atoms with E-state index in [4.69, 9.17) is 9.84 Å². The first-order valence-corrected chi connectivity index (χ1v) is 13.2. The number of hydrogen-bond donors (Lipinski definition) is 1. The normalized spacial score (nSPS) is 31.2. The molecule has 1 aromatic carbocycles. The highest BCUT2D eigenvalue weighted by atomic mass is 16.5. The highest BCUT2D eigenvalue weighted by molar-refractivity contribution is 5.94. The molecule has 5 aliphatic rings. The van der Waals surface area contributed by atoms with Gasteiger partial charge in [-0.15, -0.1) is 0 Å². The average Bonchev–Trinajstić information content (AvgIpc) is 3.19.